The number of benzene rings is 1. The van der Waals surface area contributed by atoms with Gasteiger partial charge in [0, 0.05) is 16.5 Å². The highest BCUT2D eigenvalue weighted by Crippen LogP contribution is 2.24. The van der Waals surface area contributed by atoms with Gasteiger partial charge in [-0.3, -0.25) is 0 Å². The van der Waals surface area contributed by atoms with E-state index >= 15 is 0 Å². The number of hydrogen-bond donors (Lipinski definition) is 1. The van der Waals surface area contributed by atoms with Gasteiger partial charge >= 0.3 is 0 Å². The van der Waals surface area contributed by atoms with Gasteiger partial charge in [0.1, 0.15) is 0 Å². The molecule has 1 aromatic rings. The minimum Gasteiger partial charge on any atom is -0.316 e. The van der Waals surface area contributed by atoms with Crippen LogP contribution in [0.1, 0.15) is 31.9 Å². The molecule has 0 saturated heterocycles. The third kappa shape index (κ3) is 6.13. The lowest BCUT2D eigenvalue weighted by Crippen LogP contribution is -2.31. The van der Waals surface area contributed by atoms with Crippen molar-refractivity contribution in [3.63, 3.8) is 0 Å². The van der Waals surface area contributed by atoms with Crippen LogP contribution in [0.5, 0.6) is 0 Å². The lowest BCUT2D eigenvalue weighted by Gasteiger charge is -2.22. The minimum absolute atomic E-state index is 0.350. The Kier molecular flexibility index (Phi) is 5.54. The molecule has 0 spiro atoms. The van der Waals surface area contributed by atoms with Gasteiger partial charge in [0.2, 0.25) is 0 Å². The van der Waals surface area contributed by atoms with Crippen LogP contribution in [0.4, 0.5) is 0 Å². The Labute approximate surface area is 110 Å². The fourth-order valence-corrected chi connectivity index (χ4v) is 2.59. The quantitative estimate of drug-likeness (QED) is 0.857. The van der Waals surface area contributed by atoms with E-state index < -0.39 is 0 Å². The van der Waals surface area contributed by atoms with E-state index in [4.69, 9.17) is 0 Å². The molecule has 0 aliphatic rings. The van der Waals surface area contributed by atoms with Crippen LogP contribution in [-0.2, 0) is 6.42 Å². The van der Waals surface area contributed by atoms with Gasteiger partial charge in [0.25, 0.3) is 0 Å². The average Bonchev–Trinajstić information content (AvgIpc) is 2.25. The van der Waals surface area contributed by atoms with Crippen molar-refractivity contribution in [2.75, 3.05) is 12.8 Å². The summed E-state index contributed by atoms with van der Waals surface area (Å²) in [4.78, 5) is 0. The maximum Gasteiger partial charge on any atom is 0.0195 e. The second kappa shape index (κ2) is 6.46. The normalized spacial score (nSPS) is 13.7. The highest BCUT2D eigenvalue weighted by Gasteiger charge is 2.14. The first kappa shape index (κ1) is 14.6. The SMILES string of the molecule is CNC(CSC(C)(C)C)Cc1ccc(C)cc1. The van der Waals surface area contributed by atoms with Crippen molar-refractivity contribution in [3.05, 3.63) is 35.4 Å². The predicted molar refractivity (Wildman–Crippen MR) is 79.9 cm³/mol. The second-order valence-corrected chi connectivity index (χ2v) is 7.45. The van der Waals surface area contributed by atoms with Crippen LogP contribution in [0.15, 0.2) is 24.3 Å². The maximum atomic E-state index is 3.42. The molecule has 0 amide bonds. The molecule has 1 unspecified atom stereocenters. The number of hydrogen-bond acceptors (Lipinski definition) is 2. The topological polar surface area (TPSA) is 12.0 Å². The van der Waals surface area contributed by atoms with Crippen LogP contribution >= 0.6 is 11.8 Å². The van der Waals surface area contributed by atoms with Crippen molar-refractivity contribution in [1.82, 2.24) is 5.32 Å². The zero-order chi connectivity index (χ0) is 12.9. The van der Waals surface area contributed by atoms with Gasteiger partial charge in [0.05, 0.1) is 0 Å². The molecule has 0 saturated carbocycles. The zero-order valence-corrected chi connectivity index (χ0v) is 12.5. The van der Waals surface area contributed by atoms with Crippen molar-refractivity contribution in [2.45, 2.75) is 44.9 Å². The molecular weight excluding hydrogens is 226 g/mol. The van der Waals surface area contributed by atoms with Crippen molar-refractivity contribution in [3.8, 4) is 0 Å². The Morgan fingerprint density at radius 2 is 1.76 bits per heavy atom. The fraction of sp³-hybridized carbons (Fsp3) is 0.600. The molecule has 17 heavy (non-hydrogen) atoms. The number of thioether (sulfide) groups is 1. The first-order chi connectivity index (χ1) is 7.90. The van der Waals surface area contributed by atoms with Gasteiger partial charge < -0.3 is 5.32 Å². The summed E-state index contributed by atoms with van der Waals surface area (Å²) in [6.45, 7) is 8.96. The van der Waals surface area contributed by atoms with Crippen molar-refractivity contribution in [2.24, 2.45) is 0 Å². The fourth-order valence-electron chi connectivity index (χ4n) is 1.60. The summed E-state index contributed by atoms with van der Waals surface area (Å²) in [6, 6.07) is 9.42. The van der Waals surface area contributed by atoms with E-state index in [0.29, 0.717) is 10.8 Å². The summed E-state index contributed by atoms with van der Waals surface area (Å²) in [5.74, 6) is 1.16. The molecule has 0 radical (unpaired) electrons. The standard InChI is InChI=1S/C15H25NS/c1-12-6-8-13(9-7-12)10-14(16-5)11-17-15(2,3)4/h6-9,14,16H,10-11H2,1-5H3. The number of nitrogens with one attached hydrogen (secondary N) is 1. The summed E-state index contributed by atoms with van der Waals surface area (Å²) >= 11 is 2.03. The van der Waals surface area contributed by atoms with Crippen LogP contribution in [0.2, 0.25) is 0 Å². The third-order valence-corrected chi connectivity index (χ3v) is 4.16. The smallest absolute Gasteiger partial charge is 0.0195 e. The monoisotopic (exact) mass is 251 g/mol. The van der Waals surface area contributed by atoms with Gasteiger partial charge in [0.15, 0.2) is 0 Å². The summed E-state index contributed by atoms with van der Waals surface area (Å²) < 4.78 is 0.350. The molecule has 2 heteroatoms. The lowest BCUT2D eigenvalue weighted by molar-refractivity contribution is 0.613. The molecule has 1 aromatic carbocycles. The van der Waals surface area contributed by atoms with Gasteiger partial charge in [-0.2, -0.15) is 11.8 Å². The first-order valence-corrected chi connectivity index (χ1v) is 7.26. The van der Waals surface area contributed by atoms with E-state index in [1.165, 1.54) is 11.1 Å². The third-order valence-electron chi connectivity index (χ3n) is 2.73. The average molecular weight is 251 g/mol. The van der Waals surface area contributed by atoms with Gasteiger partial charge in [-0.05, 0) is 26.0 Å². The van der Waals surface area contributed by atoms with Crippen molar-refractivity contribution in [1.29, 1.82) is 0 Å². The Bertz CT molecular complexity index is 324. The Balaban J connectivity index is 2.49. The number of aryl methyl sites for hydroxylation is 1. The van der Waals surface area contributed by atoms with Crippen molar-refractivity contribution < 1.29 is 0 Å². The van der Waals surface area contributed by atoms with Gasteiger partial charge in [-0.25, -0.2) is 0 Å². The van der Waals surface area contributed by atoms with Crippen LogP contribution in [-0.4, -0.2) is 23.6 Å². The zero-order valence-electron chi connectivity index (χ0n) is 11.7. The summed E-state index contributed by atoms with van der Waals surface area (Å²) in [5, 5.41) is 3.42. The molecule has 96 valence electrons. The van der Waals surface area contributed by atoms with E-state index in [2.05, 4.69) is 64.3 Å². The van der Waals surface area contributed by atoms with E-state index in [1.54, 1.807) is 0 Å². The molecule has 0 bridgehead atoms. The van der Waals surface area contributed by atoms with Gasteiger partial charge in [-0.15, -0.1) is 0 Å². The minimum atomic E-state index is 0.350. The lowest BCUT2D eigenvalue weighted by atomic mass is 10.1. The molecule has 0 fully saturated rings. The molecule has 1 nitrogen and oxygen atoms in total. The maximum absolute atomic E-state index is 3.42. The largest absolute Gasteiger partial charge is 0.316 e. The number of likely N-dealkylation sites (N-methyl/N-ethyl adjacent to an activating group) is 1. The highest BCUT2D eigenvalue weighted by molar-refractivity contribution is 8.00. The molecule has 1 atom stereocenters. The molecule has 0 aliphatic carbocycles. The first-order valence-electron chi connectivity index (χ1n) is 6.27. The van der Waals surface area contributed by atoms with Crippen LogP contribution in [0, 0.1) is 6.92 Å². The molecule has 0 heterocycles. The van der Waals surface area contributed by atoms with Crippen LogP contribution in [0.25, 0.3) is 0 Å². The van der Waals surface area contributed by atoms with E-state index in [0.717, 1.165) is 12.2 Å². The molecule has 1 rings (SSSR count). The summed E-state index contributed by atoms with van der Waals surface area (Å²) in [5.41, 5.74) is 2.75. The predicted octanol–water partition coefficient (Wildman–Crippen LogP) is 3.66. The Morgan fingerprint density at radius 3 is 2.24 bits per heavy atom. The highest BCUT2D eigenvalue weighted by atomic mass is 32.2. The number of rotatable bonds is 5. The Hall–Kier alpha value is -0.470. The van der Waals surface area contributed by atoms with Crippen LogP contribution < -0.4 is 5.32 Å². The van der Waals surface area contributed by atoms with E-state index in [-0.39, 0.29) is 0 Å². The van der Waals surface area contributed by atoms with Gasteiger partial charge in [-0.1, -0.05) is 50.6 Å². The molecular formula is C15H25NS. The summed E-state index contributed by atoms with van der Waals surface area (Å²) in [7, 11) is 2.06. The molecule has 0 aromatic heterocycles. The van der Waals surface area contributed by atoms with E-state index in [1.807, 2.05) is 11.8 Å². The summed E-state index contributed by atoms with van der Waals surface area (Å²) in [6.07, 6.45) is 1.11. The van der Waals surface area contributed by atoms with Crippen LogP contribution in [0.3, 0.4) is 0 Å². The Morgan fingerprint density at radius 1 is 1.18 bits per heavy atom. The second-order valence-electron chi connectivity index (χ2n) is 5.60. The molecule has 1 N–H and O–H groups in total. The molecule has 0 aliphatic heterocycles. The van der Waals surface area contributed by atoms with E-state index in [9.17, 15) is 0 Å². The van der Waals surface area contributed by atoms with Crippen molar-refractivity contribution >= 4 is 11.8 Å².